The molecule has 0 spiro atoms. The van der Waals surface area contributed by atoms with Crippen LogP contribution in [0.3, 0.4) is 0 Å². The Hall–Kier alpha value is -0.720. The van der Waals surface area contributed by atoms with Gasteiger partial charge in [-0.15, -0.1) is 0 Å². The normalized spacial score (nSPS) is 12.0. The lowest BCUT2D eigenvalue weighted by Gasteiger charge is -2.18. The van der Waals surface area contributed by atoms with E-state index < -0.39 is 0 Å². The number of hydrogen-bond acceptors (Lipinski definition) is 1. The molecule has 1 heteroatoms. The molecule has 1 heterocycles. The molecular formula is C10H16O. The Morgan fingerprint density at radius 3 is 2.36 bits per heavy atom. The lowest BCUT2D eigenvalue weighted by Crippen LogP contribution is -2.13. The molecule has 0 atom stereocenters. The van der Waals surface area contributed by atoms with Gasteiger partial charge in [-0.3, -0.25) is 0 Å². The summed E-state index contributed by atoms with van der Waals surface area (Å²) in [7, 11) is 0. The Bertz CT molecular complexity index is 233. The van der Waals surface area contributed by atoms with Gasteiger partial charge in [0.1, 0.15) is 11.5 Å². The summed E-state index contributed by atoms with van der Waals surface area (Å²) >= 11 is 0. The number of rotatable bonds is 2. The van der Waals surface area contributed by atoms with Crippen LogP contribution in [0.5, 0.6) is 0 Å². The van der Waals surface area contributed by atoms with Crippen LogP contribution in [0.2, 0.25) is 0 Å². The maximum absolute atomic E-state index is 5.54. The highest BCUT2D eigenvalue weighted by molar-refractivity contribution is 5.14. The van der Waals surface area contributed by atoms with E-state index in [0.717, 1.165) is 17.9 Å². The Morgan fingerprint density at radius 2 is 2.00 bits per heavy atom. The van der Waals surface area contributed by atoms with Crippen molar-refractivity contribution in [1.29, 1.82) is 0 Å². The molecule has 0 saturated carbocycles. The zero-order chi connectivity index (χ0) is 8.48. The van der Waals surface area contributed by atoms with Crippen LogP contribution < -0.4 is 0 Å². The Kier molecular flexibility index (Phi) is 2.08. The summed E-state index contributed by atoms with van der Waals surface area (Å²) in [5.74, 6) is 2.10. The lowest BCUT2D eigenvalue weighted by molar-refractivity contribution is 0.365. The molecule has 0 aliphatic carbocycles. The molecule has 0 saturated heterocycles. The minimum absolute atomic E-state index is 0.189. The van der Waals surface area contributed by atoms with E-state index in [1.54, 1.807) is 0 Å². The lowest BCUT2D eigenvalue weighted by atomic mass is 9.88. The molecule has 0 fully saturated rings. The third-order valence-electron chi connectivity index (χ3n) is 2.29. The SMILES string of the molecule is CCC(C)(C)c1ccc(C)o1. The Balaban J connectivity index is 2.92. The molecule has 1 rings (SSSR count). The molecule has 0 N–H and O–H groups in total. The second-order valence-electron chi connectivity index (χ2n) is 3.65. The smallest absolute Gasteiger partial charge is 0.109 e. The molecule has 0 radical (unpaired) electrons. The molecule has 0 aliphatic heterocycles. The summed E-state index contributed by atoms with van der Waals surface area (Å²) in [6.07, 6.45) is 1.11. The molecule has 0 aromatic carbocycles. The first-order valence-corrected chi connectivity index (χ1v) is 4.13. The first kappa shape index (κ1) is 8.38. The van der Waals surface area contributed by atoms with Crippen molar-refractivity contribution in [2.75, 3.05) is 0 Å². The number of hydrogen-bond donors (Lipinski definition) is 0. The van der Waals surface area contributed by atoms with Crippen LogP contribution in [0.1, 0.15) is 38.7 Å². The first-order valence-electron chi connectivity index (χ1n) is 4.13. The molecule has 1 nitrogen and oxygen atoms in total. The first-order chi connectivity index (χ1) is 5.06. The molecular weight excluding hydrogens is 136 g/mol. The molecule has 0 bridgehead atoms. The van der Waals surface area contributed by atoms with E-state index in [0.29, 0.717) is 0 Å². The highest BCUT2D eigenvalue weighted by atomic mass is 16.3. The highest BCUT2D eigenvalue weighted by Gasteiger charge is 2.21. The summed E-state index contributed by atoms with van der Waals surface area (Å²) in [4.78, 5) is 0. The summed E-state index contributed by atoms with van der Waals surface area (Å²) in [6.45, 7) is 8.56. The van der Waals surface area contributed by atoms with Crippen LogP contribution in [-0.2, 0) is 5.41 Å². The van der Waals surface area contributed by atoms with Gasteiger partial charge >= 0.3 is 0 Å². The van der Waals surface area contributed by atoms with Crippen molar-refractivity contribution in [1.82, 2.24) is 0 Å². The van der Waals surface area contributed by atoms with Gasteiger partial charge in [-0.2, -0.15) is 0 Å². The van der Waals surface area contributed by atoms with Gasteiger partial charge in [-0.25, -0.2) is 0 Å². The van der Waals surface area contributed by atoms with Gasteiger partial charge < -0.3 is 4.42 Å². The monoisotopic (exact) mass is 152 g/mol. The number of aryl methyl sites for hydroxylation is 1. The van der Waals surface area contributed by atoms with Crippen LogP contribution >= 0.6 is 0 Å². The third-order valence-corrected chi connectivity index (χ3v) is 2.29. The molecule has 0 unspecified atom stereocenters. The fourth-order valence-corrected chi connectivity index (χ4v) is 0.972. The zero-order valence-electron chi connectivity index (χ0n) is 7.77. The van der Waals surface area contributed by atoms with Crippen LogP contribution in [0.15, 0.2) is 16.5 Å². The Labute approximate surface area is 68.4 Å². The average molecular weight is 152 g/mol. The summed E-state index contributed by atoms with van der Waals surface area (Å²) in [5.41, 5.74) is 0.189. The van der Waals surface area contributed by atoms with Crippen LogP contribution in [-0.4, -0.2) is 0 Å². The van der Waals surface area contributed by atoms with Gasteiger partial charge in [-0.1, -0.05) is 20.8 Å². The van der Waals surface area contributed by atoms with E-state index in [-0.39, 0.29) is 5.41 Å². The van der Waals surface area contributed by atoms with E-state index in [2.05, 4.69) is 26.8 Å². The van der Waals surface area contributed by atoms with E-state index in [9.17, 15) is 0 Å². The summed E-state index contributed by atoms with van der Waals surface area (Å²) < 4.78 is 5.54. The molecule has 1 aromatic rings. The maximum atomic E-state index is 5.54. The van der Waals surface area contributed by atoms with E-state index in [1.807, 2.05) is 13.0 Å². The minimum atomic E-state index is 0.189. The van der Waals surface area contributed by atoms with Crippen molar-refractivity contribution >= 4 is 0 Å². The molecule has 0 aliphatic rings. The van der Waals surface area contributed by atoms with Crippen LogP contribution in [0, 0.1) is 6.92 Å². The standard InChI is InChI=1S/C10H16O/c1-5-10(3,4)9-7-6-8(2)11-9/h6-7H,5H2,1-4H3. The predicted octanol–water partition coefficient (Wildman–Crippen LogP) is 3.28. The van der Waals surface area contributed by atoms with Crippen LogP contribution in [0.4, 0.5) is 0 Å². The van der Waals surface area contributed by atoms with Gasteiger partial charge in [0.15, 0.2) is 0 Å². The van der Waals surface area contributed by atoms with E-state index in [1.165, 1.54) is 0 Å². The van der Waals surface area contributed by atoms with Gasteiger partial charge in [0, 0.05) is 5.41 Å². The second kappa shape index (κ2) is 2.72. The maximum Gasteiger partial charge on any atom is 0.109 e. The van der Waals surface area contributed by atoms with E-state index >= 15 is 0 Å². The van der Waals surface area contributed by atoms with Crippen molar-refractivity contribution in [3.8, 4) is 0 Å². The summed E-state index contributed by atoms with van der Waals surface area (Å²) in [6, 6.07) is 4.09. The van der Waals surface area contributed by atoms with Crippen molar-refractivity contribution in [2.45, 2.75) is 39.5 Å². The molecule has 1 aromatic heterocycles. The fourth-order valence-electron chi connectivity index (χ4n) is 0.972. The minimum Gasteiger partial charge on any atom is -0.466 e. The summed E-state index contributed by atoms with van der Waals surface area (Å²) in [5, 5.41) is 0. The van der Waals surface area contributed by atoms with E-state index in [4.69, 9.17) is 4.42 Å². The van der Waals surface area contributed by atoms with Crippen molar-refractivity contribution in [3.63, 3.8) is 0 Å². The van der Waals surface area contributed by atoms with Crippen molar-refractivity contribution in [2.24, 2.45) is 0 Å². The van der Waals surface area contributed by atoms with Gasteiger partial charge in [0.2, 0.25) is 0 Å². The fraction of sp³-hybridized carbons (Fsp3) is 0.600. The van der Waals surface area contributed by atoms with Crippen molar-refractivity contribution < 1.29 is 4.42 Å². The highest BCUT2D eigenvalue weighted by Crippen LogP contribution is 2.27. The quantitative estimate of drug-likeness (QED) is 0.634. The second-order valence-corrected chi connectivity index (χ2v) is 3.65. The van der Waals surface area contributed by atoms with Gasteiger partial charge in [-0.05, 0) is 25.5 Å². The predicted molar refractivity (Wildman–Crippen MR) is 46.8 cm³/mol. The largest absolute Gasteiger partial charge is 0.466 e. The zero-order valence-corrected chi connectivity index (χ0v) is 7.77. The third kappa shape index (κ3) is 1.65. The van der Waals surface area contributed by atoms with Gasteiger partial charge in [0.05, 0.1) is 0 Å². The molecule has 11 heavy (non-hydrogen) atoms. The number of furan rings is 1. The topological polar surface area (TPSA) is 13.1 Å². The molecule has 62 valence electrons. The average Bonchev–Trinajstić information content (AvgIpc) is 2.36. The van der Waals surface area contributed by atoms with Crippen molar-refractivity contribution in [3.05, 3.63) is 23.7 Å². The Morgan fingerprint density at radius 1 is 1.36 bits per heavy atom. The van der Waals surface area contributed by atoms with Crippen LogP contribution in [0.25, 0.3) is 0 Å². The molecule has 0 amide bonds. The van der Waals surface area contributed by atoms with Gasteiger partial charge in [0.25, 0.3) is 0 Å².